The molecule has 3 N–H and O–H groups in total. The number of esters is 1. The number of ether oxygens (including phenoxy) is 1. The van der Waals surface area contributed by atoms with Crippen molar-refractivity contribution in [2.75, 3.05) is 17.2 Å². The Hall–Kier alpha value is -3.50. The second kappa shape index (κ2) is 11.2. The highest BCUT2D eigenvalue weighted by atomic mass is 32.2. The molecule has 0 radical (unpaired) electrons. The number of hydrogen-bond acceptors (Lipinski definition) is 6. The number of hydrogen-bond donors (Lipinski definition) is 3. The average Bonchev–Trinajstić information content (AvgIpc) is 2.73. The van der Waals surface area contributed by atoms with E-state index in [9.17, 15) is 22.8 Å². The summed E-state index contributed by atoms with van der Waals surface area (Å²) in [4.78, 5) is 35.1. The number of aryl methyl sites for hydroxylation is 1. The first-order valence-electron chi connectivity index (χ1n) is 9.66. The van der Waals surface area contributed by atoms with Crippen molar-refractivity contribution in [2.45, 2.75) is 26.9 Å². The zero-order valence-corrected chi connectivity index (χ0v) is 18.7. The Morgan fingerprint density at radius 1 is 0.969 bits per heavy atom. The van der Waals surface area contributed by atoms with Gasteiger partial charge in [-0.25, -0.2) is 13.1 Å². The van der Waals surface area contributed by atoms with E-state index in [0.29, 0.717) is 16.9 Å². The van der Waals surface area contributed by atoms with Crippen LogP contribution in [0.1, 0.15) is 25.0 Å². The number of benzene rings is 2. The fourth-order valence-electron chi connectivity index (χ4n) is 2.43. The van der Waals surface area contributed by atoms with Crippen LogP contribution in [0.25, 0.3) is 6.08 Å². The van der Waals surface area contributed by atoms with E-state index in [1.165, 1.54) is 19.9 Å². The molecule has 1 atom stereocenters. The van der Waals surface area contributed by atoms with Crippen LogP contribution >= 0.6 is 0 Å². The molecule has 0 bridgehead atoms. The molecule has 0 heterocycles. The normalized spacial score (nSPS) is 12.2. The van der Waals surface area contributed by atoms with Gasteiger partial charge in [-0.1, -0.05) is 29.8 Å². The first-order chi connectivity index (χ1) is 15.0. The van der Waals surface area contributed by atoms with Gasteiger partial charge in [0.25, 0.3) is 5.91 Å². The maximum Gasteiger partial charge on any atom is 0.321 e. The van der Waals surface area contributed by atoms with Gasteiger partial charge in [-0.15, -0.1) is 0 Å². The van der Waals surface area contributed by atoms with E-state index in [4.69, 9.17) is 4.74 Å². The van der Waals surface area contributed by atoms with Gasteiger partial charge in [0, 0.05) is 23.7 Å². The predicted molar refractivity (Wildman–Crippen MR) is 122 cm³/mol. The van der Waals surface area contributed by atoms with Gasteiger partial charge in [-0.2, -0.15) is 0 Å². The smallest absolute Gasteiger partial charge is 0.321 e. The molecule has 2 aromatic carbocycles. The SMILES string of the molecule is CC(=O)Nc1ccc(NC(=O)C(C)OC(=O)CNS(=O)(=O)/C=C/c2ccc(C)cc2)cc1. The second-order valence-electron chi connectivity index (χ2n) is 6.96. The fraction of sp³-hybridized carbons (Fsp3) is 0.227. The highest BCUT2D eigenvalue weighted by Gasteiger charge is 2.19. The van der Waals surface area contributed by atoms with E-state index in [1.807, 2.05) is 19.1 Å². The van der Waals surface area contributed by atoms with Crippen LogP contribution in [0.15, 0.2) is 53.9 Å². The zero-order chi connectivity index (χ0) is 23.7. The predicted octanol–water partition coefficient (Wildman–Crippen LogP) is 2.41. The highest BCUT2D eigenvalue weighted by molar-refractivity contribution is 7.92. The molecule has 32 heavy (non-hydrogen) atoms. The van der Waals surface area contributed by atoms with Gasteiger partial charge in [-0.3, -0.25) is 14.4 Å². The standard InChI is InChI=1S/C22H25N3O6S/c1-15-4-6-18(7-5-15)12-13-32(29,30)23-14-21(27)31-16(2)22(28)25-20-10-8-19(9-11-20)24-17(3)26/h4-13,16,23H,14H2,1-3H3,(H,24,26)(H,25,28)/b13-12+. The summed E-state index contributed by atoms with van der Waals surface area (Å²) in [5.74, 6) is -1.71. The van der Waals surface area contributed by atoms with Gasteiger partial charge in [0.15, 0.2) is 6.10 Å². The Labute approximate surface area is 186 Å². The summed E-state index contributed by atoms with van der Waals surface area (Å²) in [5, 5.41) is 6.11. The van der Waals surface area contributed by atoms with Crippen LogP contribution < -0.4 is 15.4 Å². The summed E-state index contributed by atoms with van der Waals surface area (Å²) in [6.45, 7) is 4.04. The largest absolute Gasteiger partial charge is 0.452 e. The van der Waals surface area contributed by atoms with Crippen LogP contribution in [-0.4, -0.2) is 38.9 Å². The summed E-state index contributed by atoms with van der Waals surface area (Å²) >= 11 is 0. The lowest BCUT2D eigenvalue weighted by atomic mass is 10.2. The Balaban J connectivity index is 1.81. The van der Waals surface area contributed by atoms with Gasteiger partial charge in [0.2, 0.25) is 15.9 Å². The minimum absolute atomic E-state index is 0.219. The summed E-state index contributed by atoms with van der Waals surface area (Å²) < 4.78 is 31.1. The minimum Gasteiger partial charge on any atom is -0.452 e. The van der Waals surface area contributed by atoms with Crippen molar-refractivity contribution in [3.05, 3.63) is 65.1 Å². The molecule has 2 amide bonds. The highest BCUT2D eigenvalue weighted by Crippen LogP contribution is 2.14. The van der Waals surface area contributed by atoms with Crippen LogP contribution in [0.5, 0.6) is 0 Å². The molecule has 10 heteroatoms. The lowest BCUT2D eigenvalue weighted by Gasteiger charge is -2.14. The van der Waals surface area contributed by atoms with E-state index in [-0.39, 0.29) is 5.91 Å². The molecule has 9 nitrogen and oxygen atoms in total. The van der Waals surface area contributed by atoms with Crippen molar-refractivity contribution in [3.8, 4) is 0 Å². The lowest BCUT2D eigenvalue weighted by molar-refractivity contribution is -0.151. The maximum atomic E-state index is 12.2. The third kappa shape index (κ3) is 8.70. The molecule has 0 saturated carbocycles. The van der Waals surface area contributed by atoms with E-state index in [0.717, 1.165) is 11.0 Å². The van der Waals surface area contributed by atoms with E-state index < -0.39 is 34.5 Å². The molecular weight excluding hydrogens is 434 g/mol. The molecule has 0 fully saturated rings. The number of amides is 2. The number of sulfonamides is 1. The van der Waals surface area contributed by atoms with Gasteiger partial charge >= 0.3 is 5.97 Å². The van der Waals surface area contributed by atoms with Crippen LogP contribution in [-0.2, 0) is 29.1 Å². The molecule has 2 rings (SSSR count). The molecule has 2 aromatic rings. The summed E-state index contributed by atoms with van der Waals surface area (Å²) in [6.07, 6.45) is 0.255. The summed E-state index contributed by atoms with van der Waals surface area (Å²) in [6, 6.07) is 13.6. The maximum absolute atomic E-state index is 12.2. The molecule has 0 spiro atoms. The Morgan fingerprint density at radius 3 is 2.09 bits per heavy atom. The minimum atomic E-state index is -3.86. The molecule has 0 saturated heterocycles. The molecule has 0 aromatic heterocycles. The Morgan fingerprint density at radius 2 is 1.53 bits per heavy atom. The number of rotatable bonds is 9. The number of carbonyl (C=O) groups excluding carboxylic acids is 3. The van der Waals surface area contributed by atoms with Crippen molar-refractivity contribution >= 4 is 45.3 Å². The van der Waals surface area contributed by atoms with Crippen LogP contribution in [0.4, 0.5) is 11.4 Å². The van der Waals surface area contributed by atoms with Crippen molar-refractivity contribution in [3.63, 3.8) is 0 Å². The number of anilines is 2. The van der Waals surface area contributed by atoms with Crippen molar-refractivity contribution in [1.82, 2.24) is 4.72 Å². The Kier molecular flexibility index (Phi) is 8.68. The van der Waals surface area contributed by atoms with Crippen molar-refractivity contribution in [1.29, 1.82) is 0 Å². The number of carbonyl (C=O) groups is 3. The molecule has 0 aliphatic heterocycles. The first-order valence-corrected chi connectivity index (χ1v) is 11.2. The van der Waals surface area contributed by atoms with Gasteiger partial charge in [0.05, 0.1) is 0 Å². The van der Waals surface area contributed by atoms with Crippen LogP contribution in [0, 0.1) is 6.92 Å². The van der Waals surface area contributed by atoms with Gasteiger partial charge < -0.3 is 15.4 Å². The monoisotopic (exact) mass is 459 g/mol. The number of nitrogens with one attached hydrogen (secondary N) is 3. The van der Waals surface area contributed by atoms with E-state index >= 15 is 0 Å². The molecular formula is C22H25N3O6S. The Bertz CT molecular complexity index is 1090. The third-order valence-electron chi connectivity index (χ3n) is 4.08. The molecule has 1 unspecified atom stereocenters. The van der Waals surface area contributed by atoms with E-state index in [1.54, 1.807) is 36.4 Å². The quantitative estimate of drug-likeness (QED) is 0.494. The molecule has 170 valence electrons. The zero-order valence-electron chi connectivity index (χ0n) is 17.9. The van der Waals surface area contributed by atoms with Crippen LogP contribution in [0.3, 0.4) is 0 Å². The molecule has 0 aliphatic rings. The average molecular weight is 460 g/mol. The summed E-state index contributed by atoms with van der Waals surface area (Å²) in [5.41, 5.74) is 2.75. The fourth-order valence-corrected chi connectivity index (χ4v) is 3.18. The van der Waals surface area contributed by atoms with Crippen LogP contribution in [0.2, 0.25) is 0 Å². The van der Waals surface area contributed by atoms with Crippen molar-refractivity contribution in [2.24, 2.45) is 0 Å². The first kappa shape index (κ1) is 24.8. The third-order valence-corrected chi connectivity index (χ3v) is 5.13. The topological polar surface area (TPSA) is 131 Å². The molecule has 0 aliphatic carbocycles. The second-order valence-corrected chi connectivity index (χ2v) is 8.61. The lowest BCUT2D eigenvalue weighted by Crippen LogP contribution is -2.35. The van der Waals surface area contributed by atoms with Gasteiger partial charge in [-0.05, 0) is 49.8 Å². The van der Waals surface area contributed by atoms with Gasteiger partial charge in [0.1, 0.15) is 6.54 Å². The summed E-state index contributed by atoms with van der Waals surface area (Å²) in [7, 11) is -3.86. The van der Waals surface area contributed by atoms with E-state index in [2.05, 4.69) is 15.4 Å². The van der Waals surface area contributed by atoms with Crippen molar-refractivity contribution < 1.29 is 27.5 Å².